The molecule has 3 amide bonds. The molecule has 13 nitrogen and oxygen atoms in total. The van der Waals surface area contributed by atoms with Crippen LogP contribution >= 0.6 is 0 Å². The molecular weight excluding hydrogens is 1130 g/mol. The first-order valence-corrected chi connectivity index (χ1v) is 32.9. The van der Waals surface area contributed by atoms with Gasteiger partial charge in [-0.1, -0.05) is 228 Å². The maximum atomic E-state index is 15.1. The van der Waals surface area contributed by atoms with Gasteiger partial charge in [-0.3, -0.25) is 19.2 Å². The van der Waals surface area contributed by atoms with Crippen molar-refractivity contribution >= 4 is 40.8 Å². The third-order valence-electron chi connectivity index (χ3n) is 18.9. The van der Waals surface area contributed by atoms with Crippen molar-refractivity contribution in [1.29, 1.82) is 0 Å². The number of carboxylic acids is 1. The summed E-state index contributed by atoms with van der Waals surface area (Å²) in [5.41, 5.74) is 36.8. The number of hydrogen-bond donors (Lipinski definition) is 8. The number of benzene rings is 7. The number of amides is 3. The number of unbranched alkanes of at least 4 members (excludes halogenated alkanes) is 1. The minimum absolute atomic E-state index is 0.0553. The largest absolute Gasteiger partial charge is 0.481 e. The van der Waals surface area contributed by atoms with Crippen LogP contribution in [-0.4, -0.2) is 65.2 Å². The molecular formula is C78H97N7O6. The van der Waals surface area contributed by atoms with Crippen LogP contribution in [0.15, 0.2) is 200 Å². The van der Waals surface area contributed by atoms with Crippen molar-refractivity contribution < 1.29 is 29.4 Å². The molecule has 0 radical (unpaired) electrons. The Morgan fingerprint density at radius 1 is 0.549 bits per heavy atom. The summed E-state index contributed by atoms with van der Waals surface area (Å²) in [4.78, 5) is 59.2. The highest BCUT2D eigenvalue weighted by molar-refractivity contribution is 6.02. The zero-order chi connectivity index (χ0) is 64.8. The van der Waals surface area contributed by atoms with E-state index >= 15 is 9.59 Å². The van der Waals surface area contributed by atoms with Crippen LogP contribution in [0.2, 0.25) is 0 Å². The minimum Gasteiger partial charge on any atom is -0.481 e. The lowest BCUT2D eigenvalue weighted by atomic mass is 9.64. The number of carbonyl (C=O) groups is 4. The van der Waals surface area contributed by atoms with Gasteiger partial charge in [0, 0.05) is 54.6 Å². The quantitative estimate of drug-likeness (QED) is 0.0178. The number of hydrogen-bond acceptors (Lipinski definition) is 9. The van der Waals surface area contributed by atoms with Gasteiger partial charge < -0.3 is 48.7 Å². The molecule has 0 saturated carbocycles. The van der Waals surface area contributed by atoms with Gasteiger partial charge in [0.25, 0.3) is 0 Å². The third kappa shape index (κ3) is 19.1. The van der Waals surface area contributed by atoms with Gasteiger partial charge in [0.2, 0.25) is 17.7 Å². The van der Waals surface area contributed by atoms with Gasteiger partial charge in [0.05, 0.1) is 36.2 Å². The van der Waals surface area contributed by atoms with Gasteiger partial charge in [0.15, 0.2) is 0 Å². The lowest BCUT2D eigenvalue weighted by molar-refractivity contribution is -0.144. The molecule has 7 aromatic carbocycles. The minimum atomic E-state index is -0.939. The molecule has 0 aromatic heterocycles. The lowest BCUT2D eigenvalue weighted by Crippen LogP contribution is -2.51. The van der Waals surface area contributed by atoms with Crippen LogP contribution in [0.4, 0.5) is 5.69 Å². The van der Waals surface area contributed by atoms with Crippen LogP contribution in [0.5, 0.6) is 0 Å². The van der Waals surface area contributed by atoms with Crippen molar-refractivity contribution in [2.75, 3.05) is 18.1 Å². The molecule has 7 aromatic rings. The summed E-state index contributed by atoms with van der Waals surface area (Å²) in [5, 5.41) is 27.9. The van der Waals surface area contributed by atoms with Crippen molar-refractivity contribution in [3.05, 3.63) is 245 Å². The zero-order valence-electron chi connectivity index (χ0n) is 53.7. The highest BCUT2D eigenvalue weighted by Crippen LogP contribution is 2.41. The molecule has 1 aliphatic rings. The number of aliphatic hydroxyl groups is 1. The normalized spacial score (nSPS) is 16.5. The standard InChI is InChI=1S/C78H97N7O6/c1-52(2)44-67(68(79)51-86)73(53(3)4)74(80)62(78(90)91)39-24-25-43-83-76-60-37-21-20-36-59(60)50-85(70-40-23-22-38-61(70)75(76)81)72(88)42-41-71(87)84-69(49-58-34-18-9-19-35-58)65(47-56-30-14-7-15-31-56)63(45-54-26-10-5-11-27-54)64(46-55-28-12-6-13-29-55)66(77(82)89)48-57-32-16-8-17-33-57/h5-23,26-38,40,52-53,62-69,73-74,83,86H,24-25,39,41-51,79-81H2,1-4H3,(H2,82,89)(H,84,87)(H,90,91)/b76-75-/t62?,63-,64+,65-,66?,67?,68-,69?,73+,74+/m0/s1. The predicted molar refractivity (Wildman–Crippen MR) is 367 cm³/mol. The van der Waals surface area contributed by atoms with E-state index in [1.807, 2.05) is 127 Å². The van der Waals surface area contributed by atoms with Crippen LogP contribution in [0.1, 0.15) is 111 Å². The summed E-state index contributed by atoms with van der Waals surface area (Å²) in [7, 11) is 0. The molecule has 1 heterocycles. The number of anilines is 1. The molecule has 480 valence electrons. The number of nitrogens with zero attached hydrogens (tertiary/aromatic N) is 1. The summed E-state index contributed by atoms with van der Waals surface area (Å²) in [6, 6.07) is 65.2. The second-order valence-corrected chi connectivity index (χ2v) is 26.0. The number of aliphatic hydroxyl groups excluding tert-OH is 1. The number of rotatable bonds is 34. The van der Waals surface area contributed by atoms with E-state index in [0.717, 1.165) is 45.4 Å². The SMILES string of the molecule is CC(C)CC([C@@H](C(C)C)[C@H](N)C(CCCCN/C1=C(\N)c2ccccc2N(C(=O)CCC(=O)NC(Cc2ccccc2)[C@@H](Cc2ccccc2)[C@@H](Cc2ccccc2)[C@@H](Cc2ccccc2)C(Cc2ccccc2)C(N)=O)Cc2ccccc21)C(=O)O)[C@@H](N)CO. The fourth-order valence-electron chi connectivity index (χ4n) is 14.4. The van der Waals surface area contributed by atoms with Gasteiger partial charge in [-0.2, -0.15) is 0 Å². The molecule has 4 unspecified atom stereocenters. The van der Waals surface area contributed by atoms with E-state index in [-0.39, 0.29) is 79.2 Å². The van der Waals surface area contributed by atoms with Crippen molar-refractivity contribution in [3.8, 4) is 0 Å². The van der Waals surface area contributed by atoms with Crippen LogP contribution in [0.3, 0.4) is 0 Å². The number of primary amides is 1. The first-order chi connectivity index (χ1) is 44.0. The summed E-state index contributed by atoms with van der Waals surface area (Å²) in [6.45, 7) is 8.82. The first-order valence-electron chi connectivity index (χ1n) is 32.9. The van der Waals surface area contributed by atoms with E-state index in [1.165, 1.54) is 0 Å². The molecule has 91 heavy (non-hydrogen) atoms. The number of aliphatic carboxylic acids is 1. The monoisotopic (exact) mass is 1230 g/mol. The zero-order valence-corrected chi connectivity index (χ0v) is 53.7. The van der Waals surface area contributed by atoms with E-state index in [1.54, 1.807) is 4.90 Å². The van der Waals surface area contributed by atoms with E-state index in [0.29, 0.717) is 86.5 Å². The Morgan fingerprint density at radius 2 is 1.03 bits per heavy atom. The highest BCUT2D eigenvalue weighted by atomic mass is 16.4. The fraction of sp³-hybridized carbons (Fsp3) is 0.385. The predicted octanol–water partition coefficient (Wildman–Crippen LogP) is 11.8. The van der Waals surface area contributed by atoms with E-state index in [9.17, 15) is 19.8 Å². The smallest absolute Gasteiger partial charge is 0.308 e. The van der Waals surface area contributed by atoms with Gasteiger partial charge in [-0.25, -0.2) is 0 Å². The average Bonchev–Trinajstić information content (AvgIpc) is 0.868. The number of nitrogens with two attached hydrogens (primary N) is 4. The molecule has 10 atom stereocenters. The van der Waals surface area contributed by atoms with Gasteiger partial charge in [0.1, 0.15) is 0 Å². The molecule has 0 spiro atoms. The number of carbonyl (C=O) groups excluding carboxylic acids is 3. The maximum absolute atomic E-state index is 15.1. The number of carboxylic acid groups (broad SMARTS) is 1. The maximum Gasteiger partial charge on any atom is 0.308 e. The molecule has 0 aliphatic carbocycles. The summed E-state index contributed by atoms with van der Waals surface area (Å²) < 4.78 is 0. The number of nitrogens with one attached hydrogen (secondary N) is 2. The molecule has 0 saturated heterocycles. The highest BCUT2D eigenvalue weighted by Gasteiger charge is 2.43. The van der Waals surface area contributed by atoms with Crippen molar-refractivity contribution in [3.63, 3.8) is 0 Å². The molecule has 8 rings (SSSR count). The second-order valence-electron chi connectivity index (χ2n) is 26.0. The lowest BCUT2D eigenvalue weighted by Gasteiger charge is -2.42. The number of fused-ring (bicyclic) bond motifs is 2. The molecule has 12 N–H and O–H groups in total. The van der Waals surface area contributed by atoms with Crippen LogP contribution < -0.4 is 38.5 Å². The Hall–Kier alpha value is -8.36. The van der Waals surface area contributed by atoms with Crippen LogP contribution in [0, 0.1) is 53.3 Å². The molecule has 0 bridgehead atoms. The Balaban J connectivity index is 1.07. The Kier molecular flexibility index (Phi) is 25.7. The van der Waals surface area contributed by atoms with Gasteiger partial charge >= 0.3 is 5.97 Å². The Morgan fingerprint density at radius 3 is 1.55 bits per heavy atom. The first kappa shape index (κ1) is 68.5. The Bertz CT molecular complexity index is 3420. The van der Waals surface area contributed by atoms with Crippen molar-refractivity contribution in [2.24, 2.45) is 76.2 Å². The second kappa shape index (κ2) is 34.2. The summed E-state index contributed by atoms with van der Waals surface area (Å²) >= 11 is 0. The van der Waals surface area contributed by atoms with Crippen LogP contribution in [-0.2, 0) is 57.8 Å². The van der Waals surface area contributed by atoms with Crippen molar-refractivity contribution in [2.45, 2.75) is 123 Å². The van der Waals surface area contributed by atoms with E-state index in [2.05, 4.69) is 111 Å². The topological polar surface area (TPSA) is 240 Å². The van der Waals surface area contributed by atoms with E-state index < -0.39 is 35.9 Å². The third-order valence-corrected chi connectivity index (χ3v) is 18.9. The summed E-state index contributed by atoms with van der Waals surface area (Å²) in [5.74, 6) is -3.86. The summed E-state index contributed by atoms with van der Waals surface area (Å²) in [6.07, 6.45) is 4.87. The molecule has 13 heteroatoms. The number of para-hydroxylation sites is 1. The molecule has 0 fully saturated rings. The van der Waals surface area contributed by atoms with Crippen molar-refractivity contribution in [1.82, 2.24) is 10.6 Å². The fourth-order valence-corrected chi connectivity index (χ4v) is 14.4. The van der Waals surface area contributed by atoms with Crippen LogP contribution in [0.25, 0.3) is 11.4 Å². The Labute approximate surface area is 540 Å². The average molecular weight is 1230 g/mol. The molecule has 1 aliphatic heterocycles. The van der Waals surface area contributed by atoms with Gasteiger partial charge in [-0.15, -0.1) is 0 Å². The van der Waals surface area contributed by atoms with Gasteiger partial charge in [-0.05, 0) is 132 Å². The van der Waals surface area contributed by atoms with E-state index in [4.69, 9.17) is 22.9 Å².